The first kappa shape index (κ1) is 28.8. The van der Waals surface area contributed by atoms with Crippen molar-refractivity contribution >= 4 is 39.9 Å². The SMILES string of the molecule is Cc1ccc(-c2c(C(=O)Nc3ccc(Oc4ccc5c(c4)C(=O)N(c4ccc6c(c4)OCO6)C5=O)cc3)oc(=O)c3ccccc23)cc1. The fraction of sp³-hybridized carbons (Fsp3) is 0.0526. The van der Waals surface area contributed by atoms with Gasteiger partial charge in [0.25, 0.3) is 17.7 Å². The Morgan fingerprint density at radius 3 is 2.23 bits per heavy atom. The molecule has 0 saturated carbocycles. The van der Waals surface area contributed by atoms with E-state index in [0.29, 0.717) is 50.7 Å². The molecule has 0 aliphatic carbocycles. The van der Waals surface area contributed by atoms with Gasteiger partial charge in [0.15, 0.2) is 11.5 Å². The molecule has 0 saturated heterocycles. The minimum absolute atomic E-state index is 0.0758. The second-order valence-corrected chi connectivity index (χ2v) is 11.3. The third-order valence-electron chi connectivity index (χ3n) is 8.20. The first-order valence-corrected chi connectivity index (χ1v) is 15.0. The molecule has 10 heteroatoms. The van der Waals surface area contributed by atoms with Gasteiger partial charge in [0.1, 0.15) is 11.5 Å². The zero-order valence-corrected chi connectivity index (χ0v) is 25.3. The molecule has 3 heterocycles. The molecule has 48 heavy (non-hydrogen) atoms. The summed E-state index contributed by atoms with van der Waals surface area (Å²) in [5.74, 6) is 0.155. The number of amides is 3. The van der Waals surface area contributed by atoms with Crippen LogP contribution in [0.1, 0.15) is 36.8 Å². The first-order chi connectivity index (χ1) is 23.3. The topological polar surface area (TPSA) is 124 Å². The Morgan fingerprint density at radius 2 is 1.44 bits per heavy atom. The molecule has 0 radical (unpaired) electrons. The van der Waals surface area contributed by atoms with Crippen molar-refractivity contribution in [3.05, 3.63) is 142 Å². The lowest BCUT2D eigenvalue weighted by Crippen LogP contribution is -2.29. The van der Waals surface area contributed by atoms with Gasteiger partial charge < -0.3 is 23.9 Å². The maximum Gasteiger partial charge on any atom is 0.344 e. The number of carbonyl (C=O) groups is 3. The smallest absolute Gasteiger partial charge is 0.344 e. The molecule has 5 aromatic carbocycles. The molecule has 0 atom stereocenters. The van der Waals surface area contributed by atoms with Crippen LogP contribution in [0.5, 0.6) is 23.0 Å². The predicted octanol–water partition coefficient (Wildman–Crippen LogP) is 7.34. The van der Waals surface area contributed by atoms with E-state index in [1.807, 2.05) is 37.3 Å². The Hall–Kier alpha value is -6.68. The molecule has 234 valence electrons. The number of nitrogens with zero attached hydrogens (tertiary/aromatic N) is 1. The van der Waals surface area contributed by atoms with Gasteiger partial charge in [-0.3, -0.25) is 14.4 Å². The van der Waals surface area contributed by atoms with Gasteiger partial charge in [-0.05, 0) is 73.2 Å². The molecule has 2 aliphatic heterocycles. The van der Waals surface area contributed by atoms with Crippen molar-refractivity contribution in [1.82, 2.24) is 0 Å². The number of ether oxygens (including phenoxy) is 3. The molecule has 1 aromatic heterocycles. The zero-order chi connectivity index (χ0) is 32.9. The van der Waals surface area contributed by atoms with Gasteiger partial charge in [-0.1, -0.05) is 48.0 Å². The van der Waals surface area contributed by atoms with Gasteiger partial charge in [-0.25, -0.2) is 9.69 Å². The van der Waals surface area contributed by atoms with Crippen molar-refractivity contribution in [3.63, 3.8) is 0 Å². The summed E-state index contributed by atoms with van der Waals surface area (Å²) in [6.07, 6.45) is 0. The number of fused-ring (bicyclic) bond motifs is 3. The van der Waals surface area contributed by atoms with Gasteiger partial charge >= 0.3 is 5.63 Å². The summed E-state index contributed by atoms with van der Waals surface area (Å²) >= 11 is 0. The van der Waals surface area contributed by atoms with Crippen molar-refractivity contribution in [1.29, 1.82) is 0 Å². The largest absolute Gasteiger partial charge is 0.457 e. The highest BCUT2D eigenvalue weighted by molar-refractivity contribution is 6.34. The number of carbonyl (C=O) groups excluding carboxylic acids is 3. The van der Waals surface area contributed by atoms with E-state index in [-0.39, 0.29) is 23.7 Å². The van der Waals surface area contributed by atoms with Crippen LogP contribution in [0, 0.1) is 6.92 Å². The number of benzene rings is 5. The number of rotatable bonds is 6. The molecule has 3 amide bonds. The highest BCUT2D eigenvalue weighted by atomic mass is 16.7. The molecule has 0 fully saturated rings. The monoisotopic (exact) mass is 636 g/mol. The number of hydrogen-bond acceptors (Lipinski definition) is 8. The lowest BCUT2D eigenvalue weighted by molar-refractivity contribution is 0.0924. The Balaban J connectivity index is 1.02. The number of imide groups is 1. The molecule has 10 nitrogen and oxygen atoms in total. The minimum Gasteiger partial charge on any atom is -0.457 e. The third-order valence-corrected chi connectivity index (χ3v) is 8.20. The maximum atomic E-state index is 13.5. The first-order valence-electron chi connectivity index (χ1n) is 15.0. The standard InChI is InChI=1S/C38H24N2O8/c1-21-6-8-22(9-7-21)33-27-4-2-3-5-29(27)38(44)48-34(33)35(41)39-23-10-13-25(14-11-23)47-26-15-16-28-30(19-26)37(43)40(36(28)42)24-12-17-31-32(18-24)46-20-45-31/h2-19H,20H2,1H3,(H,39,41). The van der Waals surface area contributed by atoms with Crippen LogP contribution in [0.2, 0.25) is 0 Å². The maximum absolute atomic E-state index is 13.5. The summed E-state index contributed by atoms with van der Waals surface area (Å²) in [6.45, 7) is 2.04. The normalized spacial score (nSPS) is 13.1. The van der Waals surface area contributed by atoms with Crippen LogP contribution in [0.15, 0.2) is 118 Å². The number of nitrogens with one attached hydrogen (secondary N) is 1. The second kappa shape index (κ2) is 11.3. The molecule has 1 N–H and O–H groups in total. The van der Waals surface area contributed by atoms with E-state index in [2.05, 4.69) is 5.32 Å². The van der Waals surface area contributed by atoms with Crippen LogP contribution < -0.4 is 30.1 Å². The molecule has 6 aromatic rings. The molecule has 2 aliphatic rings. The lowest BCUT2D eigenvalue weighted by Gasteiger charge is -2.14. The van der Waals surface area contributed by atoms with Crippen LogP contribution >= 0.6 is 0 Å². The van der Waals surface area contributed by atoms with Crippen LogP contribution in [-0.4, -0.2) is 24.5 Å². The number of hydrogen-bond donors (Lipinski definition) is 1. The summed E-state index contributed by atoms with van der Waals surface area (Å²) in [4.78, 5) is 53.9. The number of aryl methyl sites for hydroxylation is 1. The summed E-state index contributed by atoms with van der Waals surface area (Å²) in [5.41, 5.74) is 2.98. The molecular weight excluding hydrogens is 612 g/mol. The van der Waals surface area contributed by atoms with Crippen LogP contribution in [-0.2, 0) is 0 Å². The quantitative estimate of drug-likeness (QED) is 0.188. The summed E-state index contributed by atoms with van der Waals surface area (Å²) in [7, 11) is 0. The van der Waals surface area contributed by atoms with E-state index in [9.17, 15) is 19.2 Å². The van der Waals surface area contributed by atoms with Crippen molar-refractivity contribution < 1.29 is 33.0 Å². The minimum atomic E-state index is -0.607. The van der Waals surface area contributed by atoms with E-state index in [1.54, 1.807) is 72.8 Å². The van der Waals surface area contributed by atoms with Crippen molar-refractivity contribution in [2.45, 2.75) is 6.92 Å². The summed E-state index contributed by atoms with van der Waals surface area (Å²) in [6, 6.07) is 30.8. The lowest BCUT2D eigenvalue weighted by atomic mass is 9.97. The van der Waals surface area contributed by atoms with Crippen LogP contribution in [0.25, 0.3) is 21.9 Å². The summed E-state index contributed by atoms with van der Waals surface area (Å²) in [5, 5.41) is 3.80. The van der Waals surface area contributed by atoms with Crippen molar-refractivity contribution in [3.8, 4) is 34.1 Å². The Morgan fingerprint density at radius 1 is 0.729 bits per heavy atom. The molecule has 0 unspecified atom stereocenters. The fourth-order valence-corrected chi connectivity index (χ4v) is 5.84. The van der Waals surface area contributed by atoms with Gasteiger partial charge in [0.2, 0.25) is 12.6 Å². The van der Waals surface area contributed by atoms with Gasteiger partial charge in [0.05, 0.1) is 22.2 Å². The van der Waals surface area contributed by atoms with Crippen LogP contribution in [0.4, 0.5) is 11.4 Å². The fourth-order valence-electron chi connectivity index (χ4n) is 5.84. The van der Waals surface area contributed by atoms with E-state index < -0.39 is 23.3 Å². The van der Waals surface area contributed by atoms with E-state index in [1.165, 1.54) is 6.07 Å². The third kappa shape index (κ3) is 4.92. The van der Waals surface area contributed by atoms with Gasteiger partial charge in [-0.2, -0.15) is 0 Å². The second-order valence-electron chi connectivity index (χ2n) is 11.3. The van der Waals surface area contributed by atoms with E-state index in [4.69, 9.17) is 18.6 Å². The zero-order valence-electron chi connectivity index (χ0n) is 25.3. The Bertz CT molecular complexity index is 2360. The average molecular weight is 637 g/mol. The molecule has 0 spiro atoms. The summed E-state index contributed by atoms with van der Waals surface area (Å²) < 4.78 is 22.3. The average Bonchev–Trinajstić information content (AvgIpc) is 3.67. The van der Waals surface area contributed by atoms with E-state index in [0.717, 1.165) is 16.0 Å². The van der Waals surface area contributed by atoms with Gasteiger partial charge in [0, 0.05) is 22.7 Å². The highest BCUT2D eigenvalue weighted by Gasteiger charge is 2.37. The highest BCUT2D eigenvalue weighted by Crippen LogP contribution is 2.39. The van der Waals surface area contributed by atoms with Crippen molar-refractivity contribution in [2.75, 3.05) is 17.0 Å². The predicted molar refractivity (Wildman–Crippen MR) is 177 cm³/mol. The van der Waals surface area contributed by atoms with Crippen molar-refractivity contribution in [2.24, 2.45) is 0 Å². The van der Waals surface area contributed by atoms with E-state index >= 15 is 0 Å². The Labute approximate surface area is 272 Å². The Kier molecular flexibility index (Phi) is 6.76. The molecular formula is C38H24N2O8. The molecule has 8 rings (SSSR count). The number of anilines is 2. The molecule has 0 bridgehead atoms. The van der Waals surface area contributed by atoms with Crippen LogP contribution in [0.3, 0.4) is 0 Å². The van der Waals surface area contributed by atoms with Gasteiger partial charge in [-0.15, -0.1) is 0 Å².